The smallest absolute Gasteiger partial charge is 0.352 e. The van der Waals surface area contributed by atoms with Crippen LogP contribution < -0.4 is 11.1 Å². The third-order valence-electron chi connectivity index (χ3n) is 5.25. The molecule has 0 saturated carbocycles. The van der Waals surface area contributed by atoms with Crippen LogP contribution in [0.15, 0.2) is 57.3 Å². The summed E-state index contributed by atoms with van der Waals surface area (Å²) in [5.74, 6) is -3.53. The molecule has 39 heavy (non-hydrogen) atoms. The van der Waals surface area contributed by atoms with Gasteiger partial charge in [-0.15, -0.1) is 11.8 Å². The van der Waals surface area contributed by atoms with E-state index in [2.05, 4.69) is 24.8 Å². The van der Waals surface area contributed by atoms with Gasteiger partial charge in [0.2, 0.25) is 11.5 Å². The van der Waals surface area contributed by atoms with E-state index in [1.165, 1.54) is 23.5 Å². The third-order valence-corrected chi connectivity index (χ3v) is 7.88. The molecule has 1 fully saturated rings. The zero-order valence-electron chi connectivity index (χ0n) is 19.9. The van der Waals surface area contributed by atoms with Crippen molar-refractivity contribution in [3.8, 4) is 0 Å². The molecule has 4 rings (SSSR count). The van der Waals surface area contributed by atoms with Crippen LogP contribution in [-0.2, 0) is 24.0 Å². The van der Waals surface area contributed by atoms with Crippen LogP contribution in [0.25, 0.3) is 0 Å². The first kappa shape index (κ1) is 28.1. The number of anilines is 1. The van der Waals surface area contributed by atoms with Gasteiger partial charge in [0.15, 0.2) is 5.13 Å². The van der Waals surface area contributed by atoms with Crippen molar-refractivity contribution in [3.63, 3.8) is 0 Å². The lowest BCUT2D eigenvalue weighted by Gasteiger charge is -2.49. The van der Waals surface area contributed by atoms with Crippen molar-refractivity contribution in [2.45, 2.75) is 29.2 Å². The number of pyridine rings is 1. The summed E-state index contributed by atoms with van der Waals surface area (Å²) in [5, 5.41) is 26.0. The number of nitrogens with zero attached hydrogens (tertiary/aromatic N) is 5. The van der Waals surface area contributed by atoms with E-state index in [4.69, 9.17) is 15.7 Å². The fourth-order valence-electron chi connectivity index (χ4n) is 3.51. The SMILES string of the molecule is Nc1nc(/C(=N\OCCCC(=O)O)C(=O)NC2C(=O)N3C(C(=O)O)=C(/C=C/Sc4cccnc4)CSC23)ns1. The molecule has 2 aromatic heterocycles. The number of carbonyl (C=O) groups is 4. The van der Waals surface area contributed by atoms with Gasteiger partial charge in [-0.1, -0.05) is 16.9 Å². The number of aliphatic carboxylic acids is 2. The minimum absolute atomic E-state index is 0.0728. The summed E-state index contributed by atoms with van der Waals surface area (Å²) in [6.07, 6.45) is 4.97. The number of rotatable bonds is 12. The molecule has 14 nitrogen and oxygen atoms in total. The maximum absolute atomic E-state index is 13.0. The molecule has 17 heteroatoms. The molecule has 204 valence electrons. The molecule has 2 amide bonds. The number of carbonyl (C=O) groups excluding carboxylic acids is 2. The zero-order chi connectivity index (χ0) is 27.9. The molecule has 2 aliphatic rings. The molecule has 0 aromatic carbocycles. The number of carboxylic acids is 2. The van der Waals surface area contributed by atoms with Gasteiger partial charge in [-0.2, -0.15) is 9.36 Å². The lowest BCUT2D eigenvalue weighted by molar-refractivity contribution is -0.150. The van der Waals surface area contributed by atoms with Crippen molar-refractivity contribution in [1.29, 1.82) is 0 Å². The van der Waals surface area contributed by atoms with Crippen LogP contribution >= 0.6 is 35.1 Å². The monoisotopic (exact) mass is 591 g/mol. The number of nitrogens with two attached hydrogens (primary N) is 1. The summed E-state index contributed by atoms with van der Waals surface area (Å²) in [7, 11) is 0. The molecule has 4 heterocycles. The number of thioether (sulfide) groups is 2. The van der Waals surface area contributed by atoms with Gasteiger partial charge in [-0.05, 0) is 35.6 Å². The van der Waals surface area contributed by atoms with E-state index in [0.29, 0.717) is 11.3 Å². The normalized spacial score (nSPS) is 19.0. The maximum atomic E-state index is 13.0. The molecule has 2 aliphatic heterocycles. The highest BCUT2D eigenvalue weighted by atomic mass is 32.2. The summed E-state index contributed by atoms with van der Waals surface area (Å²) in [6.45, 7) is -0.0839. The van der Waals surface area contributed by atoms with Gasteiger partial charge in [-0.25, -0.2) is 4.79 Å². The Kier molecular flexibility index (Phi) is 9.15. The number of aromatic nitrogens is 3. The van der Waals surface area contributed by atoms with Gasteiger partial charge in [0.25, 0.3) is 11.8 Å². The minimum atomic E-state index is -1.26. The Bertz CT molecular complexity index is 1360. The summed E-state index contributed by atoms with van der Waals surface area (Å²) in [4.78, 5) is 63.8. The van der Waals surface area contributed by atoms with Crippen molar-refractivity contribution in [2.75, 3.05) is 18.1 Å². The second kappa shape index (κ2) is 12.7. The van der Waals surface area contributed by atoms with Crippen LogP contribution in [0.4, 0.5) is 5.13 Å². The average Bonchev–Trinajstić information content (AvgIpc) is 3.34. The molecular weight excluding hydrogens is 570 g/mol. The summed E-state index contributed by atoms with van der Waals surface area (Å²) < 4.78 is 3.95. The first-order chi connectivity index (χ1) is 18.8. The van der Waals surface area contributed by atoms with Gasteiger partial charge >= 0.3 is 11.9 Å². The average molecular weight is 592 g/mol. The number of oxime groups is 1. The first-order valence-electron chi connectivity index (χ1n) is 11.2. The van der Waals surface area contributed by atoms with E-state index >= 15 is 0 Å². The van der Waals surface area contributed by atoms with Crippen molar-refractivity contribution < 1.29 is 34.2 Å². The second-order valence-corrected chi connectivity index (χ2v) is 10.7. The van der Waals surface area contributed by atoms with E-state index in [0.717, 1.165) is 21.3 Å². The lowest BCUT2D eigenvalue weighted by atomic mass is 10.0. The third kappa shape index (κ3) is 6.73. The van der Waals surface area contributed by atoms with E-state index < -0.39 is 35.2 Å². The van der Waals surface area contributed by atoms with Crippen molar-refractivity contribution in [3.05, 3.63) is 53.1 Å². The number of nitrogens with one attached hydrogen (secondary N) is 1. The number of carboxylic acid groups (broad SMARTS) is 2. The second-order valence-electron chi connectivity index (χ2n) is 7.88. The molecule has 2 atom stereocenters. The number of fused-ring (bicyclic) bond motifs is 1. The molecule has 0 spiro atoms. The molecule has 1 saturated heterocycles. The van der Waals surface area contributed by atoms with E-state index in [-0.39, 0.29) is 41.8 Å². The Morgan fingerprint density at radius 3 is 2.85 bits per heavy atom. The Hall–Kier alpha value is -3.96. The van der Waals surface area contributed by atoms with E-state index in [1.54, 1.807) is 29.9 Å². The molecule has 2 aromatic rings. The van der Waals surface area contributed by atoms with E-state index in [1.807, 2.05) is 6.07 Å². The lowest BCUT2D eigenvalue weighted by Crippen LogP contribution is -2.71. The van der Waals surface area contributed by atoms with Crippen LogP contribution in [-0.4, -0.2) is 82.7 Å². The van der Waals surface area contributed by atoms with Gasteiger partial charge in [0.05, 0.1) is 0 Å². The van der Waals surface area contributed by atoms with Crippen LogP contribution in [0.2, 0.25) is 0 Å². The molecular formula is C22H21N7O7S3. The molecule has 0 aliphatic carbocycles. The van der Waals surface area contributed by atoms with Crippen molar-refractivity contribution in [2.24, 2.45) is 5.16 Å². The molecule has 0 bridgehead atoms. The molecule has 5 N–H and O–H groups in total. The Labute approximate surface area is 233 Å². The van der Waals surface area contributed by atoms with Crippen LogP contribution in [0, 0.1) is 0 Å². The first-order valence-corrected chi connectivity index (χ1v) is 13.9. The van der Waals surface area contributed by atoms with Crippen LogP contribution in [0.5, 0.6) is 0 Å². The van der Waals surface area contributed by atoms with Gasteiger partial charge in [0.1, 0.15) is 23.7 Å². The number of nitrogen functional groups attached to an aromatic ring is 1. The predicted molar refractivity (Wildman–Crippen MR) is 143 cm³/mol. The van der Waals surface area contributed by atoms with Crippen molar-refractivity contribution in [1.82, 2.24) is 24.6 Å². The Balaban J connectivity index is 1.46. The number of hydrogen-bond acceptors (Lipinski definition) is 13. The summed E-state index contributed by atoms with van der Waals surface area (Å²) >= 11 is 3.48. The Morgan fingerprint density at radius 1 is 1.36 bits per heavy atom. The highest BCUT2D eigenvalue weighted by molar-refractivity contribution is 8.02. The molecule has 2 unspecified atom stereocenters. The number of hydrogen-bond donors (Lipinski definition) is 4. The number of allylic oxidation sites excluding steroid dienone is 1. The minimum Gasteiger partial charge on any atom is -0.481 e. The summed E-state index contributed by atoms with van der Waals surface area (Å²) in [5.41, 5.74) is 5.57. The molecule has 0 radical (unpaired) electrons. The largest absolute Gasteiger partial charge is 0.481 e. The topological polar surface area (TPSA) is 210 Å². The van der Waals surface area contributed by atoms with Crippen molar-refractivity contribution >= 4 is 69.7 Å². The van der Waals surface area contributed by atoms with Gasteiger partial charge < -0.3 is 26.1 Å². The Morgan fingerprint density at radius 2 is 2.18 bits per heavy atom. The predicted octanol–water partition coefficient (Wildman–Crippen LogP) is 1.15. The fourth-order valence-corrected chi connectivity index (χ4v) is 5.93. The maximum Gasteiger partial charge on any atom is 0.352 e. The highest BCUT2D eigenvalue weighted by Gasteiger charge is 2.54. The van der Waals surface area contributed by atoms with Gasteiger partial charge in [-0.3, -0.25) is 24.3 Å². The quantitative estimate of drug-likeness (QED) is 0.0898. The summed E-state index contributed by atoms with van der Waals surface area (Å²) in [6, 6.07) is 2.62. The highest BCUT2D eigenvalue weighted by Crippen LogP contribution is 2.41. The fraction of sp³-hybridized carbons (Fsp3) is 0.273. The standard InChI is InChI=1S/C22H21N7O7S3/c23-22-26-17(28-39-22)14(27-36-7-2-4-13(30)31)18(32)25-15-19(33)29-16(21(34)35)11(10-38-20(15)29)5-8-37-12-3-1-6-24-9-12/h1,3,5-6,8-9,15,20H,2,4,7,10H2,(H,25,32)(H,30,31)(H,34,35)(H2,23,26,28)/b8-5+,27-14+. The number of amides is 2. The number of β-lactam (4-membered cyclic amide) rings is 1. The van der Waals surface area contributed by atoms with Gasteiger partial charge in [0, 0.05) is 41.0 Å². The zero-order valence-corrected chi connectivity index (χ0v) is 22.4. The van der Waals surface area contributed by atoms with Crippen LogP contribution in [0.3, 0.4) is 0 Å². The van der Waals surface area contributed by atoms with Crippen LogP contribution in [0.1, 0.15) is 18.7 Å². The van der Waals surface area contributed by atoms with E-state index in [9.17, 15) is 24.3 Å².